The maximum atomic E-state index is 10.8. The van der Waals surface area contributed by atoms with Gasteiger partial charge in [-0.05, 0) is 18.1 Å². The lowest BCUT2D eigenvalue weighted by Gasteiger charge is -2.10. The summed E-state index contributed by atoms with van der Waals surface area (Å²) in [7, 11) is 0. The molecule has 0 atom stereocenters. The van der Waals surface area contributed by atoms with Gasteiger partial charge in [-0.1, -0.05) is 0 Å². The summed E-state index contributed by atoms with van der Waals surface area (Å²) in [5, 5.41) is 2.75. The first-order valence-corrected chi connectivity index (χ1v) is 3.32. The molecule has 2 rings (SSSR count). The van der Waals surface area contributed by atoms with E-state index in [1.807, 2.05) is 12.3 Å². The largest absolute Gasteiger partial charge is 0.348 e. The molecule has 0 unspecified atom stereocenters. The van der Waals surface area contributed by atoms with Gasteiger partial charge in [0.1, 0.15) is 5.82 Å². The van der Waals surface area contributed by atoms with E-state index in [0.717, 1.165) is 12.2 Å². The van der Waals surface area contributed by atoms with Crippen molar-refractivity contribution < 1.29 is 4.79 Å². The van der Waals surface area contributed by atoms with Crippen molar-refractivity contribution in [3.63, 3.8) is 0 Å². The molecule has 0 spiro atoms. The molecule has 1 aromatic rings. The number of aromatic amines is 1. The third-order valence-corrected chi connectivity index (χ3v) is 1.72. The van der Waals surface area contributed by atoms with Crippen LogP contribution in [0.25, 0.3) is 0 Å². The number of carbonyl (C=O) groups is 1. The molecule has 0 radical (unpaired) electrons. The lowest BCUT2D eigenvalue weighted by molar-refractivity contribution is -0.116. The van der Waals surface area contributed by atoms with Gasteiger partial charge in [-0.15, -0.1) is 0 Å². The zero-order valence-electron chi connectivity index (χ0n) is 5.48. The molecule has 0 saturated carbocycles. The molecule has 0 aliphatic carbocycles. The van der Waals surface area contributed by atoms with Crippen molar-refractivity contribution in [2.24, 2.45) is 0 Å². The number of nitrogens with one attached hydrogen (secondary N) is 2. The van der Waals surface area contributed by atoms with Crippen molar-refractivity contribution in [3.8, 4) is 0 Å². The molecular weight excluding hydrogens is 128 g/mol. The third-order valence-electron chi connectivity index (χ3n) is 1.72. The lowest BCUT2D eigenvalue weighted by atomic mass is 10.1. The highest BCUT2D eigenvalue weighted by Crippen LogP contribution is 2.19. The topological polar surface area (TPSA) is 44.9 Å². The highest BCUT2D eigenvalue weighted by Gasteiger charge is 2.13. The number of aromatic nitrogens is 1. The van der Waals surface area contributed by atoms with E-state index in [-0.39, 0.29) is 5.91 Å². The molecule has 52 valence electrons. The number of fused-ring (bicyclic) bond motifs is 1. The van der Waals surface area contributed by atoms with Gasteiger partial charge < -0.3 is 10.3 Å². The smallest absolute Gasteiger partial charge is 0.225 e. The van der Waals surface area contributed by atoms with Crippen LogP contribution >= 0.6 is 0 Å². The standard InChI is InChI=1S/C7H8N2O/c10-6-2-1-5-3-4-8-7(5)9-6/h3-4,8H,1-2H2,(H,9,10). The average molecular weight is 136 g/mol. The van der Waals surface area contributed by atoms with Gasteiger partial charge in [-0.25, -0.2) is 0 Å². The number of aryl methyl sites for hydroxylation is 1. The number of anilines is 1. The van der Waals surface area contributed by atoms with E-state index in [9.17, 15) is 4.79 Å². The predicted molar refractivity (Wildman–Crippen MR) is 37.7 cm³/mol. The fraction of sp³-hybridized carbons (Fsp3) is 0.286. The molecule has 1 aliphatic rings. The third kappa shape index (κ3) is 0.708. The number of rotatable bonds is 0. The van der Waals surface area contributed by atoms with E-state index < -0.39 is 0 Å². The van der Waals surface area contributed by atoms with Crippen LogP contribution in [0.2, 0.25) is 0 Å². The zero-order chi connectivity index (χ0) is 6.97. The van der Waals surface area contributed by atoms with E-state index in [1.165, 1.54) is 5.56 Å². The van der Waals surface area contributed by atoms with Crippen LogP contribution in [-0.4, -0.2) is 10.9 Å². The summed E-state index contributed by atoms with van der Waals surface area (Å²) in [6.07, 6.45) is 3.33. The van der Waals surface area contributed by atoms with Crippen LogP contribution in [0.4, 0.5) is 5.82 Å². The Morgan fingerprint density at radius 1 is 1.40 bits per heavy atom. The molecule has 1 aromatic heterocycles. The second kappa shape index (κ2) is 1.87. The van der Waals surface area contributed by atoms with E-state index >= 15 is 0 Å². The fourth-order valence-electron chi connectivity index (χ4n) is 1.18. The van der Waals surface area contributed by atoms with E-state index in [1.54, 1.807) is 0 Å². The van der Waals surface area contributed by atoms with Crippen molar-refractivity contribution in [2.45, 2.75) is 12.8 Å². The second-order valence-corrected chi connectivity index (χ2v) is 2.43. The Balaban J connectivity index is 2.39. The van der Waals surface area contributed by atoms with Crippen LogP contribution in [0.1, 0.15) is 12.0 Å². The van der Waals surface area contributed by atoms with Crippen LogP contribution in [0.5, 0.6) is 0 Å². The number of amides is 1. The first kappa shape index (κ1) is 5.53. The fourth-order valence-corrected chi connectivity index (χ4v) is 1.18. The minimum atomic E-state index is 0.106. The predicted octanol–water partition coefficient (Wildman–Crippen LogP) is 0.899. The number of carbonyl (C=O) groups excluding carboxylic acids is 1. The Morgan fingerprint density at radius 3 is 3.20 bits per heavy atom. The van der Waals surface area contributed by atoms with Gasteiger partial charge in [-0.3, -0.25) is 4.79 Å². The van der Waals surface area contributed by atoms with Crippen LogP contribution in [-0.2, 0) is 11.2 Å². The Bertz CT molecular complexity index is 264. The minimum Gasteiger partial charge on any atom is -0.348 e. The van der Waals surface area contributed by atoms with Crippen molar-refractivity contribution >= 4 is 11.7 Å². The van der Waals surface area contributed by atoms with Gasteiger partial charge in [-0.2, -0.15) is 0 Å². The summed E-state index contributed by atoms with van der Waals surface area (Å²) in [6.45, 7) is 0. The normalized spacial score (nSPS) is 16.2. The molecule has 1 aliphatic heterocycles. The van der Waals surface area contributed by atoms with E-state index in [2.05, 4.69) is 10.3 Å². The van der Waals surface area contributed by atoms with Crippen LogP contribution in [0, 0.1) is 0 Å². The van der Waals surface area contributed by atoms with Crippen molar-refractivity contribution in [1.82, 2.24) is 4.98 Å². The quantitative estimate of drug-likeness (QED) is 0.546. The summed E-state index contributed by atoms with van der Waals surface area (Å²) in [5.74, 6) is 0.978. The van der Waals surface area contributed by atoms with E-state index in [0.29, 0.717) is 6.42 Å². The first-order chi connectivity index (χ1) is 4.86. The maximum absolute atomic E-state index is 10.8. The van der Waals surface area contributed by atoms with Gasteiger partial charge in [0, 0.05) is 12.6 Å². The SMILES string of the molecule is O=C1CCc2cc[nH]c2N1. The molecule has 0 bridgehead atoms. The Morgan fingerprint density at radius 2 is 2.30 bits per heavy atom. The second-order valence-electron chi connectivity index (χ2n) is 2.43. The monoisotopic (exact) mass is 136 g/mol. The molecule has 0 fully saturated rings. The lowest BCUT2D eigenvalue weighted by Crippen LogP contribution is -2.18. The average Bonchev–Trinajstić information content (AvgIpc) is 2.33. The van der Waals surface area contributed by atoms with Gasteiger partial charge in [0.25, 0.3) is 0 Å². The summed E-state index contributed by atoms with van der Waals surface area (Å²) >= 11 is 0. The Labute approximate surface area is 58.4 Å². The number of H-pyrrole nitrogens is 1. The summed E-state index contributed by atoms with van der Waals surface area (Å²) in [6, 6.07) is 1.99. The van der Waals surface area contributed by atoms with Gasteiger partial charge in [0.05, 0.1) is 0 Å². The number of hydrogen-bond acceptors (Lipinski definition) is 1. The molecule has 0 aromatic carbocycles. The maximum Gasteiger partial charge on any atom is 0.225 e. The molecule has 10 heavy (non-hydrogen) atoms. The number of hydrogen-bond donors (Lipinski definition) is 2. The van der Waals surface area contributed by atoms with Gasteiger partial charge >= 0.3 is 0 Å². The summed E-state index contributed by atoms with van der Waals surface area (Å²) in [5.41, 5.74) is 1.21. The highest BCUT2D eigenvalue weighted by molar-refractivity contribution is 5.92. The van der Waals surface area contributed by atoms with Crippen molar-refractivity contribution in [3.05, 3.63) is 17.8 Å². The van der Waals surface area contributed by atoms with Crippen molar-refractivity contribution in [1.29, 1.82) is 0 Å². The highest BCUT2D eigenvalue weighted by atomic mass is 16.1. The van der Waals surface area contributed by atoms with Gasteiger partial charge in [0.2, 0.25) is 5.91 Å². The molecule has 0 saturated heterocycles. The Kier molecular flexibility index (Phi) is 1.03. The van der Waals surface area contributed by atoms with Crippen molar-refractivity contribution in [2.75, 3.05) is 5.32 Å². The molecule has 1 amide bonds. The van der Waals surface area contributed by atoms with Gasteiger partial charge in [0.15, 0.2) is 0 Å². The Hall–Kier alpha value is -1.25. The molecule has 3 nitrogen and oxygen atoms in total. The summed E-state index contributed by atoms with van der Waals surface area (Å²) < 4.78 is 0. The molecular formula is C7H8N2O. The van der Waals surface area contributed by atoms with E-state index in [4.69, 9.17) is 0 Å². The molecule has 3 heteroatoms. The van der Waals surface area contributed by atoms with Crippen LogP contribution in [0.3, 0.4) is 0 Å². The van der Waals surface area contributed by atoms with Crippen LogP contribution < -0.4 is 5.32 Å². The minimum absolute atomic E-state index is 0.106. The first-order valence-electron chi connectivity index (χ1n) is 3.32. The molecule has 2 heterocycles. The molecule has 2 N–H and O–H groups in total. The summed E-state index contributed by atoms with van der Waals surface area (Å²) in [4.78, 5) is 13.7. The zero-order valence-corrected chi connectivity index (χ0v) is 5.48. The van der Waals surface area contributed by atoms with Crippen LogP contribution in [0.15, 0.2) is 12.3 Å².